The van der Waals surface area contributed by atoms with Gasteiger partial charge in [0.05, 0.1) is 24.4 Å². The second kappa shape index (κ2) is 6.36. The number of carbonyl (C=O) groups excluding carboxylic acids is 2. The zero-order valence-electron chi connectivity index (χ0n) is 13.9. The fraction of sp³-hybridized carbons (Fsp3) is 0.500. The Labute approximate surface area is 135 Å². The van der Waals surface area contributed by atoms with Crippen LogP contribution in [0.1, 0.15) is 20.8 Å². The molecule has 0 aromatic heterocycles. The smallest absolute Gasteiger partial charge is 0.410 e. The number of para-hydroxylation sites is 1. The van der Waals surface area contributed by atoms with Gasteiger partial charge in [-0.15, -0.1) is 0 Å². The van der Waals surface area contributed by atoms with Gasteiger partial charge in [-0.05, 0) is 32.9 Å². The van der Waals surface area contributed by atoms with Gasteiger partial charge in [0.1, 0.15) is 11.4 Å². The third kappa shape index (κ3) is 4.06. The number of anilines is 2. The number of carbonyl (C=O) groups is 2. The fourth-order valence-electron chi connectivity index (χ4n) is 2.19. The van der Waals surface area contributed by atoms with Crippen LogP contribution >= 0.6 is 0 Å². The number of hydrogen-bond donors (Lipinski definition) is 2. The van der Waals surface area contributed by atoms with Gasteiger partial charge >= 0.3 is 6.09 Å². The SMILES string of the molecule is COc1cccc(NC(=O)C2CN(C(=O)OC(C)(C)C)C2)c1N. The van der Waals surface area contributed by atoms with Crippen molar-refractivity contribution in [2.24, 2.45) is 5.92 Å². The number of nitrogens with two attached hydrogens (primary N) is 1. The van der Waals surface area contributed by atoms with Gasteiger partial charge in [-0.1, -0.05) is 6.07 Å². The van der Waals surface area contributed by atoms with Gasteiger partial charge in [-0.25, -0.2) is 4.79 Å². The predicted octanol–water partition coefficient (Wildman–Crippen LogP) is 2.08. The van der Waals surface area contributed by atoms with Gasteiger partial charge in [0.25, 0.3) is 0 Å². The van der Waals surface area contributed by atoms with Crippen LogP contribution in [-0.4, -0.2) is 42.7 Å². The monoisotopic (exact) mass is 321 g/mol. The molecule has 7 nitrogen and oxygen atoms in total. The lowest BCUT2D eigenvalue weighted by Crippen LogP contribution is -2.55. The summed E-state index contributed by atoms with van der Waals surface area (Å²) in [6.07, 6.45) is -0.401. The summed E-state index contributed by atoms with van der Waals surface area (Å²) < 4.78 is 10.4. The summed E-state index contributed by atoms with van der Waals surface area (Å²) in [7, 11) is 1.52. The van der Waals surface area contributed by atoms with Crippen molar-refractivity contribution in [3.63, 3.8) is 0 Å². The van der Waals surface area contributed by atoms with Crippen LogP contribution in [0, 0.1) is 5.92 Å². The quantitative estimate of drug-likeness (QED) is 0.831. The molecule has 0 spiro atoms. The summed E-state index contributed by atoms with van der Waals surface area (Å²) in [4.78, 5) is 25.6. The van der Waals surface area contributed by atoms with E-state index in [0.29, 0.717) is 30.2 Å². The maximum Gasteiger partial charge on any atom is 0.410 e. The number of hydrogen-bond acceptors (Lipinski definition) is 5. The van der Waals surface area contributed by atoms with E-state index in [-0.39, 0.29) is 11.8 Å². The first-order valence-electron chi connectivity index (χ1n) is 7.42. The molecular formula is C16H23N3O4. The highest BCUT2D eigenvalue weighted by Gasteiger charge is 2.38. The number of nitrogens with one attached hydrogen (secondary N) is 1. The third-order valence-electron chi connectivity index (χ3n) is 3.45. The summed E-state index contributed by atoms with van der Waals surface area (Å²) >= 11 is 0. The van der Waals surface area contributed by atoms with Crippen molar-refractivity contribution < 1.29 is 19.1 Å². The first-order valence-corrected chi connectivity index (χ1v) is 7.42. The van der Waals surface area contributed by atoms with Crippen molar-refractivity contribution in [3.8, 4) is 5.75 Å². The Balaban J connectivity index is 1.89. The van der Waals surface area contributed by atoms with Crippen molar-refractivity contribution in [3.05, 3.63) is 18.2 Å². The number of nitrogens with zero attached hydrogens (tertiary/aromatic N) is 1. The molecule has 2 rings (SSSR count). The molecule has 1 aliphatic rings. The minimum absolute atomic E-state index is 0.176. The Hall–Kier alpha value is -2.44. The minimum Gasteiger partial charge on any atom is -0.495 e. The largest absolute Gasteiger partial charge is 0.495 e. The first kappa shape index (κ1) is 16.9. The molecular weight excluding hydrogens is 298 g/mol. The summed E-state index contributed by atoms with van der Waals surface area (Å²) in [5, 5.41) is 2.77. The number of benzene rings is 1. The normalized spacial score (nSPS) is 14.9. The number of ether oxygens (including phenoxy) is 2. The molecule has 7 heteroatoms. The summed E-state index contributed by atoms with van der Waals surface area (Å²) in [5.74, 6) is 0.0599. The zero-order valence-corrected chi connectivity index (χ0v) is 13.9. The van der Waals surface area contributed by atoms with Crippen molar-refractivity contribution in [2.45, 2.75) is 26.4 Å². The van der Waals surface area contributed by atoms with Gasteiger partial charge < -0.3 is 25.4 Å². The second-order valence-corrected chi connectivity index (χ2v) is 6.49. The van der Waals surface area contributed by atoms with E-state index < -0.39 is 11.7 Å². The van der Waals surface area contributed by atoms with E-state index in [0.717, 1.165) is 0 Å². The van der Waals surface area contributed by atoms with E-state index in [4.69, 9.17) is 15.2 Å². The van der Waals surface area contributed by atoms with Crippen LogP contribution in [0.15, 0.2) is 18.2 Å². The molecule has 1 heterocycles. The van der Waals surface area contributed by atoms with Crippen molar-refractivity contribution in [1.82, 2.24) is 4.90 Å². The van der Waals surface area contributed by atoms with Crippen LogP contribution in [0.3, 0.4) is 0 Å². The molecule has 1 fully saturated rings. The lowest BCUT2D eigenvalue weighted by molar-refractivity contribution is -0.124. The third-order valence-corrected chi connectivity index (χ3v) is 3.45. The molecule has 0 saturated carbocycles. The van der Waals surface area contributed by atoms with E-state index in [1.165, 1.54) is 12.0 Å². The van der Waals surface area contributed by atoms with Crippen molar-refractivity contribution in [2.75, 3.05) is 31.2 Å². The lowest BCUT2D eigenvalue weighted by Gasteiger charge is -2.38. The number of nitrogen functional groups attached to an aromatic ring is 1. The molecule has 1 aromatic carbocycles. The Morgan fingerprint density at radius 1 is 1.30 bits per heavy atom. The molecule has 1 aliphatic heterocycles. The number of amides is 2. The average molecular weight is 321 g/mol. The number of methoxy groups -OCH3 is 1. The maximum absolute atomic E-state index is 12.2. The summed E-state index contributed by atoms with van der Waals surface area (Å²) in [6, 6.07) is 5.18. The molecule has 23 heavy (non-hydrogen) atoms. The van der Waals surface area contributed by atoms with Crippen LogP contribution in [-0.2, 0) is 9.53 Å². The van der Waals surface area contributed by atoms with Gasteiger partial charge in [-0.2, -0.15) is 0 Å². The van der Waals surface area contributed by atoms with Crippen LogP contribution in [0.2, 0.25) is 0 Å². The molecule has 3 N–H and O–H groups in total. The van der Waals surface area contributed by atoms with Crippen LogP contribution in [0.25, 0.3) is 0 Å². The fourth-order valence-corrected chi connectivity index (χ4v) is 2.19. The minimum atomic E-state index is -0.542. The lowest BCUT2D eigenvalue weighted by atomic mass is 9.99. The molecule has 0 radical (unpaired) electrons. The number of rotatable bonds is 3. The standard InChI is InChI=1S/C16H23N3O4/c1-16(2,3)23-15(21)19-8-10(9-19)14(20)18-11-6-5-7-12(22-4)13(11)17/h5-7,10H,8-9,17H2,1-4H3,(H,18,20). The highest BCUT2D eigenvalue weighted by Crippen LogP contribution is 2.30. The molecule has 1 aromatic rings. The highest BCUT2D eigenvalue weighted by atomic mass is 16.6. The molecule has 0 aliphatic carbocycles. The average Bonchev–Trinajstić information content (AvgIpc) is 2.37. The summed E-state index contributed by atoms with van der Waals surface area (Å²) in [6.45, 7) is 6.09. The Kier molecular flexibility index (Phi) is 4.68. The van der Waals surface area contributed by atoms with Crippen molar-refractivity contribution in [1.29, 1.82) is 0 Å². The summed E-state index contributed by atoms with van der Waals surface area (Å²) in [5.41, 5.74) is 6.27. The van der Waals surface area contributed by atoms with Crippen molar-refractivity contribution >= 4 is 23.4 Å². The van der Waals surface area contributed by atoms with E-state index in [1.54, 1.807) is 39.0 Å². The van der Waals surface area contributed by atoms with E-state index in [1.807, 2.05) is 0 Å². The highest BCUT2D eigenvalue weighted by molar-refractivity contribution is 5.97. The van der Waals surface area contributed by atoms with E-state index >= 15 is 0 Å². The van der Waals surface area contributed by atoms with Gasteiger partial charge in [0.2, 0.25) is 5.91 Å². The molecule has 1 saturated heterocycles. The molecule has 0 atom stereocenters. The number of likely N-dealkylation sites (tertiary alicyclic amines) is 1. The van der Waals surface area contributed by atoms with Gasteiger partial charge in [0.15, 0.2) is 0 Å². The molecule has 0 unspecified atom stereocenters. The van der Waals surface area contributed by atoms with E-state index in [2.05, 4.69) is 5.32 Å². The van der Waals surface area contributed by atoms with E-state index in [9.17, 15) is 9.59 Å². The van der Waals surface area contributed by atoms with Gasteiger partial charge in [-0.3, -0.25) is 4.79 Å². The molecule has 2 amide bonds. The molecule has 126 valence electrons. The second-order valence-electron chi connectivity index (χ2n) is 6.49. The Morgan fingerprint density at radius 3 is 2.52 bits per heavy atom. The Morgan fingerprint density at radius 2 is 1.96 bits per heavy atom. The van der Waals surface area contributed by atoms with Crippen LogP contribution < -0.4 is 15.8 Å². The first-order chi connectivity index (χ1) is 10.7. The Bertz CT molecular complexity index is 604. The maximum atomic E-state index is 12.2. The predicted molar refractivity (Wildman–Crippen MR) is 87.3 cm³/mol. The zero-order chi connectivity index (χ0) is 17.2. The van der Waals surface area contributed by atoms with Crippen LogP contribution in [0.5, 0.6) is 5.75 Å². The topological polar surface area (TPSA) is 93.9 Å². The van der Waals surface area contributed by atoms with Crippen LogP contribution in [0.4, 0.5) is 16.2 Å². The van der Waals surface area contributed by atoms with Gasteiger partial charge in [0, 0.05) is 13.1 Å². The molecule has 0 bridgehead atoms.